The van der Waals surface area contributed by atoms with E-state index in [0.29, 0.717) is 46.4 Å². The van der Waals surface area contributed by atoms with Crippen LogP contribution in [0.4, 0.5) is 10.5 Å². The molecule has 0 fully saturated rings. The van der Waals surface area contributed by atoms with Gasteiger partial charge in [-0.3, -0.25) is 4.79 Å². The quantitative estimate of drug-likeness (QED) is 0.382. The molecule has 3 heterocycles. The Morgan fingerprint density at radius 3 is 2.62 bits per heavy atom. The van der Waals surface area contributed by atoms with Crippen LogP contribution >= 0.6 is 0 Å². The van der Waals surface area contributed by atoms with E-state index < -0.39 is 12.1 Å². The van der Waals surface area contributed by atoms with Crippen molar-refractivity contribution in [2.75, 3.05) is 53.1 Å². The SMILES string of the molecule is COc1ccc(C#Cc2cnc3c(c2)C(=O)N([C@H](C)CO)C[C@H](C)[C@H](CN(C)C(=O)Nc2ccc4c(c2)OCO4)O3)cc1OC. The van der Waals surface area contributed by atoms with Gasteiger partial charge in [-0.15, -0.1) is 0 Å². The van der Waals surface area contributed by atoms with E-state index in [1.54, 1.807) is 81.8 Å². The van der Waals surface area contributed by atoms with Crippen molar-refractivity contribution in [3.05, 3.63) is 65.4 Å². The molecule has 0 radical (unpaired) electrons. The Hall–Kier alpha value is -5.15. The van der Waals surface area contributed by atoms with Gasteiger partial charge in [0, 0.05) is 48.6 Å². The van der Waals surface area contributed by atoms with E-state index in [1.807, 2.05) is 6.92 Å². The van der Waals surface area contributed by atoms with E-state index in [-0.39, 0.29) is 49.2 Å². The number of nitrogens with zero attached hydrogens (tertiary/aromatic N) is 3. The molecule has 12 heteroatoms. The molecule has 1 aromatic heterocycles. The van der Waals surface area contributed by atoms with Gasteiger partial charge in [-0.1, -0.05) is 18.8 Å². The highest BCUT2D eigenvalue weighted by atomic mass is 16.7. The Bertz CT molecular complexity index is 1630. The first-order valence-electron chi connectivity index (χ1n) is 14.4. The van der Waals surface area contributed by atoms with Gasteiger partial charge in [-0.2, -0.15) is 0 Å². The Morgan fingerprint density at radius 2 is 1.87 bits per heavy atom. The van der Waals surface area contributed by atoms with Crippen LogP contribution in [0.1, 0.15) is 35.3 Å². The number of rotatable bonds is 7. The maximum atomic E-state index is 13.8. The average molecular weight is 617 g/mol. The summed E-state index contributed by atoms with van der Waals surface area (Å²) in [5.74, 6) is 8.05. The van der Waals surface area contributed by atoms with Gasteiger partial charge in [0.15, 0.2) is 23.0 Å². The van der Waals surface area contributed by atoms with E-state index in [9.17, 15) is 14.7 Å². The number of carbonyl (C=O) groups excluding carboxylic acids is 2. The van der Waals surface area contributed by atoms with Crippen LogP contribution < -0.4 is 29.0 Å². The molecule has 2 aliphatic rings. The van der Waals surface area contributed by atoms with E-state index in [4.69, 9.17) is 23.7 Å². The lowest BCUT2D eigenvalue weighted by molar-refractivity contribution is 0.0356. The molecular formula is C33H36N4O8. The first-order chi connectivity index (χ1) is 21.7. The second-order valence-corrected chi connectivity index (χ2v) is 10.9. The van der Waals surface area contributed by atoms with E-state index in [0.717, 1.165) is 0 Å². The lowest BCUT2D eigenvalue weighted by Crippen LogP contribution is -2.50. The van der Waals surface area contributed by atoms with Crippen LogP contribution in [-0.2, 0) is 0 Å². The largest absolute Gasteiger partial charge is 0.493 e. The summed E-state index contributed by atoms with van der Waals surface area (Å²) in [6.07, 6.45) is 1.02. The number of benzene rings is 2. The summed E-state index contributed by atoms with van der Waals surface area (Å²) in [5.41, 5.74) is 1.97. The van der Waals surface area contributed by atoms with Crippen molar-refractivity contribution in [3.8, 4) is 40.7 Å². The molecule has 0 bridgehead atoms. The number of ether oxygens (including phenoxy) is 5. The molecule has 5 rings (SSSR count). The van der Waals surface area contributed by atoms with Crippen molar-refractivity contribution >= 4 is 17.6 Å². The molecular weight excluding hydrogens is 580 g/mol. The summed E-state index contributed by atoms with van der Waals surface area (Å²) < 4.78 is 27.7. The van der Waals surface area contributed by atoms with Gasteiger partial charge in [0.2, 0.25) is 12.7 Å². The molecule has 0 saturated carbocycles. The highest BCUT2D eigenvalue weighted by Crippen LogP contribution is 2.34. The van der Waals surface area contributed by atoms with Crippen LogP contribution in [0, 0.1) is 17.8 Å². The fourth-order valence-electron chi connectivity index (χ4n) is 4.99. The smallest absolute Gasteiger partial charge is 0.321 e. The molecule has 12 nitrogen and oxygen atoms in total. The molecule has 2 N–H and O–H groups in total. The Kier molecular flexibility index (Phi) is 9.49. The molecule has 0 saturated heterocycles. The number of anilines is 1. The first-order valence-corrected chi connectivity index (χ1v) is 14.4. The molecule has 3 atom stereocenters. The fourth-order valence-corrected chi connectivity index (χ4v) is 4.99. The highest BCUT2D eigenvalue weighted by Gasteiger charge is 2.34. The van der Waals surface area contributed by atoms with Gasteiger partial charge < -0.3 is 43.9 Å². The number of aliphatic hydroxyl groups is 1. The van der Waals surface area contributed by atoms with Crippen molar-refractivity contribution in [1.82, 2.24) is 14.8 Å². The number of hydrogen-bond donors (Lipinski definition) is 2. The fraction of sp³-hybridized carbons (Fsp3) is 0.364. The molecule has 0 unspecified atom stereocenters. The van der Waals surface area contributed by atoms with E-state index >= 15 is 0 Å². The van der Waals surface area contributed by atoms with Crippen LogP contribution in [-0.4, -0.2) is 91.7 Å². The Morgan fingerprint density at radius 1 is 1.11 bits per heavy atom. The Labute approximate surface area is 261 Å². The second-order valence-electron chi connectivity index (χ2n) is 10.9. The van der Waals surface area contributed by atoms with Gasteiger partial charge in [-0.05, 0) is 43.3 Å². The number of fused-ring (bicyclic) bond motifs is 2. The summed E-state index contributed by atoms with van der Waals surface area (Å²) in [5, 5.41) is 12.8. The molecule has 2 aromatic carbocycles. The van der Waals surface area contributed by atoms with E-state index in [1.165, 1.54) is 4.90 Å². The lowest BCUT2D eigenvalue weighted by atomic mass is 10.00. The summed E-state index contributed by atoms with van der Waals surface area (Å²) in [4.78, 5) is 34.5. The van der Waals surface area contributed by atoms with Gasteiger partial charge in [0.25, 0.3) is 5.91 Å². The third-order valence-electron chi connectivity index (χ3n) is 7.68. The molecule has 3 amide bonds. The summed E-state index contributed by atoms with van der Waals surface area (Å²) in [6.45, 7) is 4.13. The third-order valence-corrected chi connectivity index (χ3v) is 7.68. The summed E-state index contributed by atoms with van der Waals surface area (Å²) in [7, 11) is 4.78. The van der Waals surface area contributed by atoms with Crippen LogP contribution in [0.2, 0.25) is 0 Å². The van der Waals surface area contributed by atoms with Gasteiger partial charge in [0.1, 0.15) is 11.7 Å². The molecule has 236 valence electrons. The number of methoxy groups -OCH3 is 2. The number of aromatic nitrogens is 1. The number of hydrogen-bond acceptors (Lipinski definition) is 9. The number of pyridine rings is 1. The monoisotopic (exact) mass is 616 g/mol. The molecule has 45 heavy (non-hydrogen) atoms. The first kappa shape index (κ1) is 31.3. The van der Waals surface area contributed by atoms with Crippen molar-refractivity contribution in [1.29, 1.82) is 0 Å². The third kappa shape index (κ3) is 6.99. The predicted octanol–water partition coefficient (Wildman–Crippen LogP) is 3.61. The minimum absolute atomic E-state index is 0.132. The van der Waals surface area contributed by atoms with Crippen LogP contribution in [0.15, 0.2) is 48.7 Å². The molecule has 3 aromatic rings. The standard InChI is InChI=1S/C33H36N4O8/c1-20-16-37(21(2)18-38)32(39)25-12-23(7-6-22-8-10-26(41-4)28(13-22)42-5)15-34-31(25)45-30(20)17-36(3)33(40)35-24-9-11-27-29(14-24)44-19-43-27/h8-15,20-21,30,38H,16-19H2,1-5H3,(H,35,40)/t20-,21+,30-/m0/s1. The number of amides is 3. The second kappa shape index (κ2) is 13.7. The molecule has 0 aliphatic carbocycles. The Balaban J connectivity index is 1.38. The topological polar surface area (TPSA) is 132 Å². The zero-order valence-electron chi connectivity index (χ0n) is 25.8. The van der Waals surface area contributed by atoms with Crippen molar-refractivity contribution in [3.63, 3.8) is 0 Å². The lowest BCUT2D eigenvalue weighted by Gasteiger charge is -2.37. The predicted molar refractivity (Wildman–Crippen MR) is 165 cm³/mol. The normalized spacial score (nSPS) is 17.5. The zero-order chi connectivity index (χ0) is 32.1. The number of likely N-dealkylation sites (N-methyl/N-ethyl adjacent to an activating group) is 1. The zero-order valence-corrected chi connectivity index (χ0v) is 25.8. The minimum Gasteiger partial charge on any atom is -0.493 e. The van der Waals surface area contributed by atoms with Gasteiger partial charge >= 0.3 is 6.03 Å². The van der Waals surface area contributed by atoms with Crippen LogP contribution in [0.25, 0.3) is 0 Å². The number of aliphatic hydroxyl groups excluding tert-OH is 1. The summed E-state index contributed by atoms with van der Waals surface area (Å²) in [6, 6.07) is 11.3. The molecule has 0 spiro atoms. The number of urea groups is 1. The van der Waals surface area contributed by atoms with Gasteiger partial charge in [0.05, 0.1) is 33.4 Å². The van der Waals surface area contributed by atoms with Crippen LogP contribution in [0.5, 0.6) is 28.9 Å². The minimum atomic E-state index is -0.519. The maximum absolute atomic E-state index is 13.8. The molecule has 2 aliphatic heterocycles. The number of carbonyl (C=O) groups is 2. The van der Waals surface area contributed by atoms with E-state index in [2.05, 4.69) is 22.1 Å². The van der Waals surface area contributed by atoms with Crippen LogP contribution in [0.3, 0.4) is 0 Å². The van der Waals surface area contributed by atoms with Crippen molar-refractivity contribution in [2.24, 2.45) is 5.92 Å². The van der Waals surface area contributed by atoms with Crippen molar-refractivity contribution in [2.45, 2.75) is 26.0 Å². The maximum Gasteiger partial charge on any atom is 0.321 e. The average Bonchev–Trinajstić information content (AvgIpc) is 3.52. The van der Waals surface area contributed by atoms with Crippen molar-refractivity contribution < 1.29 is 38.4 Å². The summed E-state index contributed by atoms with van der Waals surface area (Å²) >= 11 is 0. The number of nitrogens with one attached hydrogen (secondary N) is 1. The highest BCUT2D eigenvalue weighted by molar-refractivity contribution is 5.97. The van der Waals surface area contributed by atoms with Gasteiger partial charge in [-0.25, -0.2) is 9.78 Å².